The topological polar surface area (TPSA) is 29.3 Å². The van der Waals surface area contributed by atoms with Gasteiger partial charge < -0.3 is 10.6 Å². The number of hydrogen-bond acceptors (Lipinski definition) is 2. The second-order valence-electron chi connectivity index (χ2n) is 4.95. The average Bonchev–Trinajstić information content (AvgIpc) is 2.41. The van der Waals surface area contributed by atoms with Crippen LogP contribution in [0.1, 0.15) is 24.1 Å². The van der Waals surface area contributed by atoms with Gasteiger partial charge in [-0.05, 0) is 52.2 Å². The van der Waals surface area contributed by atoms with Gasteiger partial charge in [0.1, 0.15) is 0 Å². The van der Waals surface area contributed by atoms with Gasteiger partial charge in [0.15, 0.2) is 0 Å². The lowest BCUT2D eigenvalue weighted by Gasteiger charge is -2.22. The van der Waals surface area contributed by atoms with E-state index in [4.69, 9.17) is 17.3 Å². The minimum absolute atomic E-state index is 0.0363. The summed E-state index contributed by atoms with van der Waals surface area (Å²) in [5.74, 6) is 0. The van der Waals surface area contributed by atoms with Crippen molar-refractivity contribution in [2.45, 2.75) is 19.5 Å². The Kier molecular flexibility index (Phi) is 5.08. The van der Waals surface area contributed by atoms with Gasteiger partial charge in [-0.3, -0.25) is 0 Å². The molecule has 0 amide bonds. The van der Waals surface area contributed by atoms with Gasteiger partial charge in [-0.15, -0.1) is 0 Å². The van der Waals surface area contributed by atoms with E-state index in [9.17, 15) is 0 Å². The molecule has 20 heavy (non-hydrogen) atoms. The maximum absolute atomic E-state index is 6.21. The third kappa shape index (κ3) is 3.54. The molecule has 1 atom stereocenters. The molecule has 2 N–H and O–H groups in total. The van der Waals surface area contributed by atoms with E-state index in [-0.39, 0.29) is 6.04 Å². The van der Waals surface area contributed by atoms with E-state index in [1.165, 1.54) is 0 Å². The number of nitrogens with two attached hydrogens (primary N) is 1. The number of benzene rings is 2. The lowest BCUT2D eigenvalue weighted by molar-refractivity contribution is 0.816. The zero-order valence-corrected chi connectivity index (χ0v) is 13.9. The highest BCUT2D eigenvalue weighted by molar-refractivity contribution is 9.10. The molecular formula is C16H18BrClN2. The first-order valence-electron chi connectivity index (χ1n) is 6.48. The van der Waals surface area contributed by atoms with Crippen LogP contribution in [-0.2, 0) is 6.54 Å². The Bertz CT molecular complexity index is 599. The summed E-state index contributed by atoms with van der Waals surface area (Å²) in [6, 6.07) is 14.2. The molecule has 0 fully saturated rings. The Labute approximate surface area is 133 Å². The van der Waals surface area contributed by atoms with E-state index < -0.39 is 0 Å². The molecule has 0 aliphatic rings. The van der Waals surface area contributed by atoms with Crippen LogP contribution in [0.5, 0.6) is 0 Å². The Morgan fingerprint density at radius 1 is 1.25 bits per heavy atom. The van der Waals surface area contributed by atoms with Gasteiger partial charge >= 0.3 is 0 Å². The first kappa shape index (κ1) is 15.4. The maximum Gasteiger partial charge on any atom is 0.0511 e. The highest BCUT2D eigenvalue weighted by Gasteiger charge is 2.10. The fourth-order valence-electron chi connectivity index (χ4n) is 2.08. The fourth-order valence-corrected chi connectivity index (χ4v) is 2.98. The predicted molar refractivity (Wildman–Crippen MR) is 90.3 cm³/mol. The van der Waals surface area contributed by atoms with E-state index in [2.05, 4.69) is 46.1 Å². The zero-order valence-electron chi connectivity index (χ0n) is 11.6. The van der Waals surface area contributed by atoms with Crippen molar-refractivity contribution >= 4 is 33.2 Å². The standard InChI is InChI=1S/C16H18BrClN2/c1-11(19)12-7-8-16(14(17)9-12)20(2)10-13-5-3-4-6-15(13)18/h3-9,11H,10,19H2,1-2H3/t11-/m0/s1. The summed E-state index contributed by atoms with van der Waals surface area (Å²) in [7, 11) is 2.05. The molecule has 0 aliphatic carbocycles. The van der Waals surface area contributed by atoms with Crippen molar-refractivity contribution in [2.24, 2.45) is 5.73 Å². The van der Waals surface area contributed by atoms with Gasteiger partial charge in [-0.2, -0.15) is 0 Å². The molecule has 0 unspecified atom stereocenters. The second kappa shape index (κ2) is 6.61. The molecular weight excluding hydrogens is 336 g/mol. The molecule has 106 valence electrons. The van der Waals surface area contributed by atoms with Gasteiger partial charge in [-0.1, -0.05) is 35.9 Å². The third-order valence-electron chi connectivity index (χ3n) is 3.27. The summed E-state index contributed by atoms with van der Waals surface area (Å²) in [5, 5.41) is 0.794. The minimum atomic E-state index is 0.0363. The summed E-state index contributed by atoms with van der Waals surface area (Å²) in [6.07, 6.45) is 0. The van der Waals surface area contributed by atoms with Crippen LogP contribution in [0, 0.1) is 0 Å². The van der Waals surface area contributed by atoms with E-state index >= 15 is 0 Å². The minimum Gasteiger partial charge on any atom is -0.369 e. The van der Waals surface area contributed by atoms with Gasteiger partial charge in [0.2, 0.25) is 0 Å². The highest BCUT2D eigenvalue weighted by atomic mass is 79.9. The van der Waals surface area contributed by atoms with Crippen molar-refractivity contribution in [3.05, 3.63) is 63.1 Å². The average molecular weight is 354 g/mol. The van der Waals surface area contributed by atoms with Crippen molar-refractivity contribution in [1.82, 2.24) is 0 Å². The molecule has 0 saturated carbocycles. The zero-order chi connectivity index (χ0) is 14.7. The predicted octanol–water partition coefficient (Wildman–Crippen LogP) is 4.76. The molecule has 0 aromatic heterocycles. The largest absolute Gasteiger partial charge is 0.369 e. The quantitative estimate of drug-likeness (QED) is 0.858. The molecule has 4 heteroatoms. The summed E-state index contributed by atoms with van der Waals surface area (Å²) >= 11 is 9.83. The molecule has 2 nitrogen and oxygen atoms in total. The number of nitrogens with zero attached hydrogens (tertiary/aromatic N) is 1. The molecule has 2 aromatic carbocycles. The number of rotatable bonds is 4. The van der Waals surface area contributed by atoms with E-state index in [1.807, 2.05) is 31.2 Å². The van der Waals surface area contributed by atoms with Crippen LogP contribution >= 0.6 is 27.5 Å². The van der Waals surface area contributed by atoms with Crippen LogP contribution in [-0.4, -0.2) is 7.05 Å². The Morgan fingerprint density at radius 3 is 2.55 bits per heavy atom. The van der Waals surface area contributed by atoms with Crippen molar-refractivity contribution in [3.8, 4) is 0 Å². The van der Waals surface area contributed by atoms with Gasteiger partial charge in [0, 0.05) is 29.1 Å². The van der Waals surface area contributed by atoms with E-state index in [0.717, 1.165) is 32.9 Å². The van der Waals surface area contributed by atoms with Crippen molar-refractivity contribution in [2.75, 3.05) is 11.9 Å². The van der Waals surface area contributed by atoms with Crippen molar-refractivity contribution in [3.63, 3.8) is 0 Å². The lowest BCUT2D eigenvalue weighted by atomic mass is 10.1. The molecule has 0 heterocycles. The SMILES string of the molecule is C[C@H](N)c1ccc(N(C)Cc2ccccc2Cl)c(Br)c1. The molecule has 0 bridgehead atoms. The first-order valence-corrected chi connectivity index (χ1v) is 7.65. The van der Waals surface area contributed by atoms with E-state index in [0.29, 0.717) is 0 Å². The van der Waals surface area contributed by atoms with Crippen molar-refractivity contribution in [1.29, 1.82) is 0 Å². The van der Waals surface area contributed by atoms with Crippen LogP contribution in [0.3, 0.4) is 0 Å². The summed E-state index contributed by atoms with van der Waals surface area (Å²) in [5.41, 5.74) is 9.25. The first-order chi connectivity index (χ1) is 9.49. The number of anilines is 1. The maximum atomic E-state index is 6.21. The summed E-state index contributed by atoms with van der Waals surface area (Å²) in [4.78, 5) is 2.16. The van der Waals surface area contributed by atoms with Crippen LogP contribution in [0.4, 0.5) is 5.69 Å². The van der Waals surface area contributed by atoms with Gasteiger partial charge in [0.25, 0.3) is 0 Å². The van der Waals surface area contributed by atoms with Crippen LogP contribution < -0.4 is 10.6 Å². The second-order valence-corrected chi connectivity index (χ2v) is 6.21. The van der Waals surface area contributed by atoms with Crippen molar-refractivity contribution < 1.29 is 0 Å². The monoisotopic (exact) mass is 352 g/mol. The van der Waals surface area contributed by atoms with Crippen LogP contribution in [0.25, 0.3) is 0 Å². The molecule has 0 saturated heterocycles. The summed E-state index contributed by atoms with van der Waals surface area (Å²) in [6.45, 7) is 2.74. The Balaban J connectivity index is 2.21. The van der Waals surface area contributed by atoms with Gasteiger partial charge in [-0.25, -0.2) is 0 Å². The fraction of sp³-hybridized carbons (Fsp3) is 0.250. The molecule has 2 aromatic rings. The Morgan fingerprint density at radius 2 is 1.95 bits per heavy atom. The number of hydrogen-bond donors (Lipinski definition) is 1. The smallest absolute Gasteiger partial charge is 0.0511 e. The highest BCUT2D eigenvalue weighted by Crippen LogP contribution is 2.30. The normalized spacial score (nSPS) is 12.2. The van der Waals surface area contributed by atoms with Crippen LogP contribution in [0.2, 0.25) is 5.02 Å². The molecule has 2 rings (SSSR count). The van der Waals surface area contributed by atoms with E-state index in [1.54, 1.807) is 0 Å². The van der Waals surface area contributed by atoms with Gasteiger partial charge in [0.05, 0.1) is 5.69 Å². The molecule has 0 radical (unpaired) electrons. The molecule has 0 spiro atoms. The third-order valence-corrected chi connectivity index (χ3v) is 4.28. The lowest BCUT2D eigenvalue weighted by Crippen LogP contribution is -2.17. The molecule has 0 aliphatic heterocycles. The van der Waals surface area contributed by atoms with Crippen LogP contribution in [0.15, 0.2) is 46.9 Å². The summed E-state index contributed by atoms with van der Waals surface area (Å²) < 4.78 is 1.04. The number of halogens is 2. The Hall–Kier alpha value is -1.03.